The number of rotatable bonds is 5. The van der Waals surface area contributed by atoms with Crippen LogP contribution in [0.3, 0.4) is 0 Å². The number of alkyl halides is 3. The van der Waals surface area contributed by atoms with E-state index in [-0.39, 0.29) is 43.0 Å². The Kier molecular flexibility index (Phi) is 5.69. The van der Waals surface area contributed by atoms with E-state index in [2.05, 4.69) is 10.4 Å². The number of hydrogen-bond acceptors (Lipinski definition) is 4. The van der Waals surface area contributed by atoms with E-state index in [9.17, 15) is 26.7 Å². The Morgan fingerprint density at radius 3 is 2.82 bits per heavy atom. The second-order valence-electron chi connectivity index (χ2n) is 6.86. The van der Waals surface area contributed by atoms with Crippen molar-refractivity contribution in [1.82, 2.24) is 9.66 Å². The third-order valence-corrected chi connectivity index (χ3v) is 4.73. The minimum atomic E-state index is -4.56. The molecule has 0 saturated carbocycles. The van der Waals surface area contributed by atoms with Gasteiger partial charge in [-0.15, -0.1) is 0 Å². The molecule has 3 rings (SSSR count). The average Bonchev–Trinajstić information content (AvgIpc) is 2.89. The van der Waals surface area contributed by atoms with Gasteiger partial charge in [-0.25, -0.2) is 18.4 Å². The third kappa shape index (κ3) is 4.49. The summed E-state index contributed by atoms with van der Waals surface area (Å²) < 4.78 is 66.8. The minimum absolute atomic E-state index is 0.0207. The number of carbonyl (C=O) groups is 1. The number of nitrogens with two attached hydrogens (primary N) is 1. The highest BCUT2D eigenvalue weighted by Crippen LogP contribution is 2.31. The molecule has 10 heteroatoms. The quantitative estimate of drug-likeness (QED) is 0.755. The van der Waals surface area contributed by atoms with Gasteiger partial charge >= 0.3 is 6.18 Å². The van der Waals surface area contributed by atoms with E-state index in [0.717, 1.165) is 29.1 Å². The fourth-order valence-electron chi connectivity index (χ4n) is 3.34. The highest BCUT2D eigenvalue weighted by atomic mass is 19.4. The number of aromatic nitrogens is 2. The molecule has 1 aromatic carbocycles. The number of fused-ring (bicyclic) bond motifs is 1. The van der Waals surface area contributed by atoms with Gasteiger partial charge in [0.25, 0.3) is 0 Å². The molecule has 0 fully saturated rings. The molecule has 2 aromatic rings. The van der Waals surface area contributed by atoms with Crippen LogP contribution in [0.25, 0.3) is 0 Å². The number of hydrogen-bond donors (Lipinski definition) is 2. The second-order valence-corrected chi connectivity index (χ2v) is 6.86. The van der Waals surface area contributed by atoms with Crippen molar-refractivity contribution in [2.45, 2.75) is 37.9 Å². The number of benzene rings is 1. The first-order valence-electron chi connectivity index (χ1n) is 8.75. The van der Waals surface area contributed by atoms with Crippen LogP contribution < -0.4 is 11.2 Å². The number of halogens is 5. The largest absolute Gasteiger partial charge is 0.434 e. The van der Waals surface area contributed by atoms with Crippen LogP contribution in [-0.4, -0.2) is 28.0 Å². The van der Waals surface area contributed by atoms with E-state index >= 15 is 0 Å². The molecule has 5 nitrogen and oxygen atoms in total. The van der Waals surface area contributed by atoms with Crippen molar-refractivity contribution in [2.24, 2.45) is 11.7 Å². The summed E-state index contributed by atoms with van der Waals surface area (Å²) in [4.78, 5) is 16.4. The predicted octanol–water partition coefficient (Wildman–Crippen LogP) is 2.82. The van der Waals surface area contributed by atoms with E-state index < -0.39 is 35.5 Å². The summed E-state index contributed by atoms with van der Waals surface area (Å²) in [5.74, 6) is -1.88. The lowest BCUT2D eigenvalue weighted by atomic mass is 9.90. The van der Waals surface area contributed by atoms with Crippen molar-refractivity contribution in [3.05, 3.63) is 53.1 Å². The van der Waals surface area contributed by atoms with Gasteiger partial charge in [0.2, 0.25) is 0 Å². The Morgan fingerprint density at radius 2 is 2.11 bits per heavy atom. The first-order valence-corrected chi connectivity index (χ1v) is 8.75. The predicted molar refractivity (Wildman–Crippen MR) is 90.9 cm³/mol. The zero-order valence-electron chi connectivity index (χ0n) is 14.8. The Hall–Kier alpha value is -2.49. The molecule has 0 amide bonds. The monoisotopic (exact) mass is 402 g/mol. The van der Waals surface area contributed by atoms with Gasteiger partial charge in [0, 0.05) is 31.3 Å². The van der Waals surface area contributed by atoms with Crippen molar-refractivity contribution in [1.29, 1.82) is 0 Å². The molecule has 152 valence electrons. The maximum absolute atomic E-state index is 13.7. The summed E-state index contributed by atoms with van der Waals surface area (Å²) in [7, 11) is 0. The van der Waals surface area contributed by atoms with Crippen LogP contribution in [0.15, 0.2) is 24.4 Å². The van der Waals surface area contributed by atoms with Crippen LogP contribution >= 0.6 is 0 Å². The fourth-order valence-corrected chi connectivity index (χ4v) is 3.34. The summed E-state index contributed by atoms with van der Waals surface area (Å²) in [5, 5.41) is 0. The standard InChI is InChI=1S/C18H19F5N4O/c19-12-1-2-14(20)11(5-12)6-13(24)8-15(28)10-3-4-26-27-16(18(21,22)23)9-25-17(27)7-10/h1-2,5,9-10,13,26H,3-4,6-8,24H2/t10?,13-/m1/s1. The number of nitrogens with one attached hydrogen (secondary N) is 1. The van der Waals surface area contributed by atoms with E-state index in [4.69, 9.17) is 5.73 Å². The number of nitrogens with zero attached hydrogens (tertiary/aromatic N) is 2. The number of Topliss-reactive ketones (excluding diaryl/α,β-unsaturated/α-hetero) is 1. The number of carbonyl (C=O) groups excluding carboxylic acids is 1. The Balaban J connectivity index is 1.66. The first-order chi connectivity index (χ1) is 13.1. The normalized spacial score (nSPS) is 18.1. The van der Waals surface area contributed by atoms with E-state index in [1.54, 1.807) is 0 Å². The summed E-state index contributed by atoms with van der Waals surface area (Å²) >= 11 is 0. The van der Waals surface area contributed by atoms with Crippen molar-refractivity contribution >= 4 is 5.78 Å². The van der Waals surface area contributed by atoms with Gasteiger partial charge in [0.1, 0.15) is 23.2 Å². The van der Waals surface area contributed by atoms with Crippen molar-refractivity contribution in [2.75, 3.05) is 12.0 Å². The van der Waals surface area contributed by atoms with Gasteiger partial charge in [0.15, 0.2) is 5.69 Å². The Labute approximate surface area is 157 Å². The molecule has 0 spiro atoms. The van der Waals surface area contributed by atoms with Crippen LogP contribution in [0.5, 0.6) is 0 Å². The van der Waals surface area contributed by atoms with Gasteiger partial charge in [0.05, 0.1) is 6.20 Å². The van der Waals surface area contributed by atoms with Gasteiger partial charge in [-0.1, -0.05) is 0 Å². The van der Waals surface area contributed by atoms with Crippen LogP contribution in [0.2, 0.25) is 0 Å². The van der Waals surface area contributed by atoms with Gasteiger partial charge in [-0.2, -0.15) is 13.2 Å². The number of ketones is 1. The molecule has 1 unspecified atom stereocenters. The third-order valence-electron chi connectivity index (χ3n) is 4.73. The maximum atomic E-state index is 13.7. The molecule has 0 radical (unpaired) electrons. The summed E-state index contributed by atoms with van der Waals surface area (Å²) in [5.41, 5.74) is 7.72. The minimum Gasteiger partial charge on any atom is -0.327 e. The topological polar surface area (TPSA) is 72.9 Å². The van der Waals surface area contributed by atoms with Crippen molar-refractivity contribution in [3.8, 4) is 0 Å². The van der Waals surface area contributed by atoms with Crippen LogP contribution in [0.1, 0.15) is 29.9 Å². The molecule has 0 bridgehead atoms. The second kappa shape index (κ2) is 7.86. The Bertz CT molecular complexity index is 864. The van der Waals surface area contributed by atoms with E-state index in [1.807, 2.05) is 0 Å². The summed E-state index contributed by atoms with van der Waals surface area (Å²) in [6.07, 6.45) is -3.57. The molecular formula is C18H19F5N4O. The molecule has 0 aliphatic carbocycles. The average molecular weight is 402 g/mol. The highest BCUT2D eigenvalue weighted by molar-refractivity contribution is 5.82. The summed E-state index contributed by atoms with van der Waals surface area (Å²) in [6.45, 7) is 0.163. The Morgan fingerprint density at radius 1 is 1.36 bits per heavy atom. The molecule has 28 heavy (non-hydrogen) atoms. The van der Waals surface area contributed by atoms with Crippen molar-refractivity contribution < 1.29 is 26.7 Å². The highest BCUT2D eigenvalue weighted by Gasteiger charge is 2.37. The molecule has 1 aliphatic rings. The fraction of sp³-hybridized carbons (Fsp3) is 0.444. The molecule has 2 atom stereocenters. The molecule has 3 N–H and O–H groups in total. The maximum Gasteiger partial charge on any atom is 0.434 e. The van der Waals surface area contributed by atoms with Crippen LogP contribution in [-0.2, 0) is 23.8 Å². The lowest BCUT2D eigenvalue weighted by Crippen LogP contribution is -2.30. The molecule has 0 saturated heterocycles. The zero-order valence-corrected chi connectivity index (χ0v) is 14.8. The SMILES string of the molecule is N[C@@H](CC(=O)C1CCNn2c(C(F)(F)F)cnc2C1)Cc1cc(F)ccc1F. The molecular weight excluding hydrogens is 383 g/mol. The molecule has 1 aromatic heterocycles. The van der Waals surface area contributed by atoms with Crippen LogP contribution in [0.4, 0.5) is 22.0 Å². The molecule has 1 aliphatic heterocycles. The van der Waals surface area contributed by atoms with Gasteiger partial charge in [-0.05, 0) is 36.6 Å². The van der Waals surface area contributed by atoms with E-state index in [0.29, 0.717) is 6.42 Å². The van der Waals surface area contributed by atoms with Crippen LogP contribution in [0, 0.1) is 17.6 Å². The van der Waals surface area contributed by atoms with Crippen molar-refractivity contribution in [3.63, 3.8) is 0 Å². The lowest BCUT2D eigenvalue weighted by molar-refractivity contribution is -0.143. The van der Waals surface area contributed by atoms with E-state index in [1.165, 1.54) is 0 Å². The number of imidazole rings is 1. The first kappa shape index (κ1) is 20.2. The zero-order chi connectivity index (χ0) is 20.5. The molecule has 2 heterocycles. The lowest BCUT2D eigenvalue weighted by Gasteiger charge is -2.16. The summed E-state index contributed by atoms with van der Waals surface area (Å²) in [6, 6.07) is 2.29. The smallest absolute Gasteiger partial charge is 0.327 e. The van der Waals surface area contributed by atoms with Gasteiger partial charge < -0.3 is 11.2 Å². The van der Waals surface area contributed by atoms with Gasteiger partial charge in [-0.3, -0.25) is 4.79 Å².